The van der Waals surface area contributed by atoms with Crippen LogP contribution in [0.3, 0.4) is 0 Å². The SMILES string of the molecule is Cl.NCCS(=O)(=O)c1ccc(-c2cncc3sc(N)nc23)c(-c2nn[nH]n2)c1S(N)(=O)=O. The normalized spacial score (nSPS) is 12.1. The summed E-state index contributed by atoms with van der Waals surface area (Å²) in [5.41, 5.74) is 12.1. The van der Waals surface area contributed by atoms with Crippen molar-refractivity contribution in [1.29, 1.82) is 0 Å². The van der Waals surface area contributed by atoms with Gasteiger partial charge in [0.2, 0.25) is 15.8 Å². The third kappa shape index (κ3) is 4.15. The molecule has 7 N–H and O–H groups in total. The lowest BCUT2D eigenvalue weighted by Gasteiger charge is -2.16. The highest BCUT2D eigenvalue weighted by atomic mass is 35.5. The second kappa shape index (κ2) is 8.64. The molecule has 3 aromatic heterocycles. The Kier molecular flexibility index (Phi) is 6.45. The van der Waals surface area contributed by atoms with Gasteiger partial charge in [-0.05, 0) is 16.8 Å². The highest BCUT2D eigenvalue weighted by Gasteiger charge is 2.32. The summed E-state index contributed by atoms with van der Waals surface area (Å²) >= 11 is 1.19. The zero-order valence-corrected chi connectivity index (χ0v) is 19.2. The molecule has 0 bridgehead atoms. The number of nitrogens with zero attached hydrogens (tertiary/aromatic N) is 5. The minimum atomic E-state index is -4.57. The minimum Gasteiger partial charge on any atom is -0.375 e. The van der Waals surface area contributed by atoms with Crippen molar-refractivity contribution in [1.82, 2.24) is 30.6 Å². The monoisotopic (exact) mass is 517 g/mol. The van der Waals surface area contributed by atoms with E-state index in [2.05, 4.69) is 30.6 Å². The molecule has 0 saturated carbocycles. The van der Waals surface area contributed by atoms with Crippen molar-refractivity contribution in [2.24, 2.45) is 10.9 Å². The molecule has 0 atom stereocenters. The fourth-order valence-electron chi connectivity index (χ4n) is 3.14. The van der Waals surface area contributed by atoms with Gasteiger partial charge >= 0.3 is 0 Å². The maximum atomic E-state index is 12.8. The highest BCUT2D eigenvalue weighted by molar-refractivity contribution is 7.93. The second-order valence-electron chi connectivity index (χ2n) is 6.29. The number of nitrogens with two attached hydrogens (primary N) is 3. The van der Waals surface area contributed by atoms with Crippen molar-refractivity contribution in [3.63, 3.8) is 0 Å². The summed E-state index contributed by atoms with van der Waals surface area (Å²) in [7, 11) is -8.67. The van der Waals surface area contributed by atoms with Crippen LogP contribution < -0.4 is 16.6 Å². The zero-order valence-electron chi connectivity index (χ0n) is 16.0. The Bertz CT molecular complexity index is 1500. The van der Waals surface area contributed by atoms with Crippen molar-refractivity contribution in [2.75, 3.05) is 18.0 Å². The number of primary sulfonamides is 1. The molecule has 3 heterocycles. The van der Waals surface area contributed by atoms with Gasteiger partial charge in [0, 0.05) is 24.5 Å². The first kappa shape index (κ1) is 23.9. The number of H-pyrrole nitrogens is 1. The van der Waals surface area contributed by atoms with Crippen LogP contribution in [0.5, 0.6) is 0 Å². The highest BCUT2D eigenvalue weighted by Crippen LogP contribution is 2.41. The molecule has 4 aromatic rings. The number of hydrogen-bond donors (Lipinski definition) is 4. The van der Waals surface area contributed by atoms with Crippen molar-refractivity contribution >= 4 is 59.0 Å². The fraction of sp³-hybridized carbons (Fsp3) is 0.133. The molecule has 0 aliphatic heterocycles. The van der Waals surface area contributed by atoms with E-state index >= 15 is 0 Å². The van der Waals surface area contributed by atoms with Gasteiger partial charge in [0.25, 0.3) is 0 Å². The summed E-state index contributed by atoms with van der Waals surface area (Å²) in [5, 5.41) is 19.1. The molecule has 170 valence electrons. The maximum Gasteiger partial charge on any atom is 0.240 e. The smallest absolute Gasteiger partial charge is 0.240 e. The van der Waals surface area contributed by atoms with E-state index in [1.54, 1.807) is 6.20 Å². The number of sulfone groups is 1. The van der Waals surface area contributed by atoms with Crippen LogP contribution >= 0.6 is 23.7 Å². The van der Waals surface area contributed by atoms with E-state index in [0.717, 1.165) is 6.07 Å². The molecule has 1 aromatic carbocycles. The van der Waals surface area contributed by atoms with E-state index in [0.29, 0.717) is 15.8 Å². The number of aromatic amines is 1. The number of hydrogen-bond acceptors (Lipinski definition) is 12. The Morgan fingerprint density at radius 2 is 1.84 bits per heavy atom. The molecular weight excluding hydrogens is 502 g/mol. The Morgan fingerprint density at radius 1 is 1.09 bits per heavy atom. The number of fused-ring (bicyclic) bond motifs is 1. The van der Waals surface area contributed by atoms with E-state index in [-0.39, 0.29) is 41.0 Å². The zero-order chi connectivity index (χ0) is 22.4. The van der Waals surface area contributed by atoms with Crippen molar-refractivity contribution in [3.05, 3.63) is 24.5 Å². The topological polar surface area (TPSA) is 227 Å². The number of aromatic nitrogens is 6. The van der Waals surface area contributed by atoms with Crippen molar-refractivity contribution in [2.45, 2.75) is 9.79 Å². The molecule has 0 aliphatic carbocycles. The van der Waals surface area contributed by atoms with Gasteiger partial charge in [-0.15, -0.1) is 22.6 Å². The molecule has 0 unspecified atom stereocenters. The fourth-order valence-corrected chi connectivity index (χ4v) is 6.62. The van der Waals surface area contributed by atoms with E-state index < -0.39 is 35.4 Å². The van der Waals surface area contributed by atoms with Gasteiger partial charge in [0.05, 0.1) is 26.4 Å². The maximum absolute atomic E-state index is 12.8. The van der Waals surface area contributed by atoms with E-state index in [1.165, 1.54) is 23.6 Å². The molecule has 32 heavy (non-hydrogen) atoms. The average molecular weight is 518 g/mol. The summed E-state index contributed by atoms with van der Waals surface area (Å²) in [6.07, 6.45) is 3.00. The van der Waals surface area contributed by atoms with Gasteiger partial charge < -0.3 is 11.5 Å². The van der Waals surface area contributed by atoms with Gasteiger partial charge in [-0.1, -0.05) is 17.4 Å². The Labute approximate surface area is 191 Å². The van der Waals surface area contributed by atoms with Crippen LogP contribution in [0, 0.1) is 0 Å². The van der Waals surface area contributed by atoms with Gasteiger partial charge in [-0.25, -0.2) is 27.0 Å². The van der Waals surface area contributed by atoms with Gasteiger partial charge in [-0.2, -0.15) is 5.21 Å². The quantitative estimate of drug-likeness (QED) is 0.264. The summed E-state index contributed by atoms with van der Waals surface area (Å²) < 4.78 is 51.4. The lowest BCUT2D eigenvalue weighted by molar-refractivity contribution is 0.583. The number of nitrogen functional groups attached to an aromatic ring is 1. The predicted octanol–water partition coefficient (Wildman–Crippen LogP) is -0.0778. The molecule has 0 saturated heterocycles. The third-order valence-corrected chi connectivity index (χ3v) is 8.03. The Morgan fingerprint density at radius 3 is 2.47 bits per heavy atom. The van der Waals surface area contributed by atoms with Gasteiger partial charge in [0.1, 0.15) is 4.90 Å². The number of halogens is 1. The van der Waals surface area contributed by atoms with Gasteiger partial charge in [0.15, 0.2) is 15.0 Å². The van der Waals surface area contributed by atoms with E-state index in [1.807, 2.05) is 0 Å². The third-order valence-electron chi connectivity index (χ3n) is 4.31. The average Bonchev–Trinajstić information content (AvgIpc) is 3.34. The molecule has 0 aliphatic rings. The molecule has 17 heteroatoms. The second-order valence-corrected chi connectivity index (χ2v) is 10.9. The van der Waals surface area contributed by atoms with Gasteiger partial charge in [-0.3, -0.25) is 4.98 Å². The number of nitrogens with one attached hydrogen (secondary N) is 1. The predicted molar refractivity (Wildman–Crippen MR) is 120 cm³/mol. The molecule has 0 fully saturated rings. The summed E-state index contributed by atoms with van der Waals surface area (Å²) in [4.78, 5) is 7.25. The largest absolute Gasteiger partial charge is 0.375 e. The molecule has 13 nitrogen and oxygen atoms in total. The van der Waals surface area contributed by atoms with E-state index in [9.17, 15) is 16.8 Å². The Balaban J connectivity index is 0.00000289. The first-order chi connectivity index (χ1) is 14.6. The van der Waals surface area contributed by atoms with Crippen LogP contribution in [0.15, 0.2) is 34.3 Å². The number of tetrazole rings is 1. The first-order valence-corrected chi connectivity index (χ1v) is 12.5. The molecular formula is C15H16ClN9O4S3. The number of anilines is 1. The van der Waals surface area contributed by atoms with Crippen molar-refractivity contribution in [3.8, 4) is 22.5 Å². The van der Waals surface area contributed by atoms with Crippen LogP contribution in [-0.2, 0) is 19.9 Å². The number of sulfonamides is 1. The number of thiazole rings is 1. The lowest BCUT2D eigenvalue weighted by atomic mass is 9.99. The number of rotatable bonds is 6. The van der Waals surface area contributed by atoms with Crippen molar-refractivity contribution < 1.29 is 16.8 Å². The summed E-state index contributed by atoms with van der Waals surface area (Å²) in [6, 6.07) is 2.56. The van der Waals surface area contributed by atoms with Crippen LogP contribution in [0.4, 0.5) is 5.13 Å². The Hall–Kier alpha value is -2.76. The molecule has 0 amide bonds. The van der Waals surface area contributed by atoms with Crippen LogP contribution in [-0.4, -0.2) is 59.7 Å². The number of benzene rings is 1. The van der Waals surface area contributed by atoms with Crippen LogP contribution in [0.2, 0.25) is 0 Å². The number of pyridine rings is 1. The molecule has 0 spiro atoms. The molecule has 0 radical (unpaired) electrons. The summed E-state index contributed by atoms with van der Waals surface area (Å²) in [6.45, 7) is -0.215. The van der Waals surface area contributed by atoms with Crippen LogP contribution in [0.1, 0.15) is 0 Å². The molecule has 4 rings (SSSR count). The first-order valence-electron chi connectivity index (χ1n) is 8.50. The summed E-state index contributed by atoms with van der Waals surface area (Å²) in [5.74, 6) is -0.663. The lowest BCUT2D eigenvalue weighted by Crippen LogP contribution is -2.22. The van der Waals surface area contributed by atoms with E-state index in [4.69, 9.17) is 16.6 Å². The minimum absolute atomic E-state index is 0. The standard InChI is InChI=1S/C15H15N9O4S3.ClH/c16-3-4-30(25,26)10-2-1-7(8-5-19-6-9-12(8)20-15(17)29-9)11(13(10)31(18,27)28)14-21-23-24-22-14;/h1-2,5-6H,3-4,16H2,(H2,17,20)(H2,18,27,28)(H,21,22,23,24);1H. The van der Waals surface area contributed by atoms with Crippen LogP contribution in [0.25, 0.3) is 32.7 Å².